The molecule has 1 aliphatic heterocycles. The summed E-state index contributed by atoms with van der Waals surface area (Å²) in [5, 5.41) is 2.45. The molecular weight excluding hydrogens is 259 g/mol. The van der Waals surface area contributed by atoms with Crippen molar-refractivity contribution in [1.82, 2.24) is 4.90 Å². The summed E-state index contributed by atoms with van der Waals surface area (Å²) >= 11 is 0. The highest BCUT2D eigenvalue weighted by molar-refractivity contribution is 5.89. The number of likely N-dealkylation sites (tertiary alicyclic amines) is 1. The number of benzene rings is 1. The van der Waals surface area contributed by atoms with E-state index in [0.29, 0.717) is 19.6 Å². The molecule has 0 saturated carbocycles. The average Bonchev–Trinajstić information content (AvgIpc) is 2.26. The molecule has 0 bridgehead atoms. The van der Waals surface area contributed by atoms with Crippen LogP contribution in [0.5, 0.6) is 0 Å². The first-order chi connectivity index (χ1) is 8.90. The Kier molecular flexibility index (Phi) is 3.66. The number of alkyl halides is 3. The van der Waals surface area contributed by atoms with Crippen LogP contribution in [0.2, 0.25) is 0 Å². The van der Waals surface area contributed by atoms with Crippen molar-refractivity contribution < 1.29 is 18.0 Å². The number of anilines is 1. The molecule has 3 N–H and O–H groups in total. The molecule has 0 atom stereocenters. The summed E-state index contributed by atoms with van der Waals surface area (Å²) in [6.45, 7) is 1.59. The Morgan fingerprint density at radius 3 is 2.68 bits per heavy atom. The first-order valence-electron chi connectivity index (χ1n) is 5.83. The van der Waals surface area contributed by atoms with Crippen molar-refractivity contribution in [3.63, 3.8) is 0 Å². The van der Waals surface area contributed by atoms with E-state index in [1.807, 2.05) is 0 Å². The molecule has 0 aromatic heterocycles. The number of urea groups is 1. The molecule has 104 valence electrons. The van der Waals surface area contributed by atoms with E-state index in [4.69, 9.17) is 5.73 Å². The van der Waals surface area contributed by atoms with E-state index in [2.05, 4.69) is 5.32 Å². The third-order valence-electron chi connectivity index (χ3n) is 3.02. The van der Waals surface area contributed by atoms with E-state index in [1.54, 1.807) is 0 Å². The highest BCUT2D eigenvalue weighted by Gasteiger charge is 2.32. The van der Waals surface area contributed by atoms with Gasteiger partial charge in [0.05, 0.1) is 5.56 Å². The van der Waals surface area contributed by atoms with Gasteiger partial charge >= 0.3 is 12.2 Å². The monoisotopic (exact) mass is 273 g/mol. The number of amides is 2. The molecule has 1 aromatic rings. The Morgan fingerprint density at radius 2 is 2.11 bits per heavy atom. The minimum atomic E-state index is -4.41. The summed E-state index contributed by atoms with van der Waals surface area (Å²) in [6.07, 6.45) is -4.41. The Bertz CT molecular complexity index is 470. The van der Waals surface area contributed by atoms with Crippen LogP contribution in [-0.2, 0) is 6.18 Å². The fraction of sp³-hybridized carbons (Fsp3) is 0.417. The third-order valence-corrected chi connectivity index (χ3v) is 3.02. The van der Waals surface area contributed by atoms with Gasteiger partial charge in [0.2, 0.25) is 0 Å². The lowest BCUT2D eigenvalue weighted by atomic mass is 10.0. The van der Waals surface area contributed by atoms with Crippen molar-refractivity contribution in [2.24, 2.45) is 11.7 Å². The van der Waals surface area contributed by atoms with Gasteiger partial charge in [-0.2, -0.15) is 13.2 Å². The van der Waals surface area contributed by atoms with Gasteiger partial charge in [-0.15, -0.1) is 0 Å². The van der Waals surface area contributed by atoms with Gasteiger partial charge in [0, 0.05) is 24.7 Å². The van der Waals surface area contributed by atoms with Crippen LogP contribution in [0.3, 0.4) is 0 Å². The van der Waals surface area contributed by atoms with Crippen molar-refractivity contribution in [3.05, 3.63) is 29.8 Å². The van der Waals surface area contributed by atoms with Gasteiger partial charge in [0.25, 0.3) is 0 Å². The predicted molar refractivity (Wildman–Crippen MR) is 64.6 cm³/mol. The lowest BCUT2D eigenvalue weighted by molar-refractivity contribution is -0.137. The maximum absolute atomic E-state index is 12.5. The highest BCUT2D eigenvalue weighted by atomic mass is 19.4. The molecule has 1 aromatic carbocycles. The van der Waals surface area contributed by atoms with Gasteiger partial charge in [0.15, 0.2) is 0 Å². The summed E-state index contributed by atoms with van der Waals surface area (Å²) in [5.74, 6) is 0.284. The van der Waals surface area contributed by atoms with E-state index in [1.165, 1.54) is 17.0 Å². The van der Waals surface area contributed by atoms with Crippen LogP contribution in [0, 0.1) is 5.92 Å². The van der Waals surface area contributed by atoms with Gasteiger partial charge in [-0.05, 0) is 24.7 Å². The molecule has 1 saturated heterocycles. The second-order valence-electron chi connectivity index (χ2n) is 4.52. The number of nitrogens with one attached hydrogen (secondary N) is 1. The smallest absolute Gasteiger partial charge is 0.330 e. The van der Waals surface area contributed by atoms with Crippen molar-refractivity contribution in [2.75, 3.05) is 25.0 Å². The molecule has 0 unspecified atom stereocenters. The van der Waals surface area contributed by atoms with Crippen LogP contribution < -0.4 is 11.1 Å². The Morgan fingerprint density at radius 1 is 1.42 bits per heavy atom. The number of rotatable bonds is 2. The minimum absolute atomic E-state index is 0.135. The number of nitrogens with zero attached hydrogens (tertiary/aromatic N) is 1. The molecule has 1 fully saturated rings. The zero-order chi connectivity index (χ0) is 14.0. The van der Waals surface area contributed by atoms with Crippen LogP contribution in [0.1, 0.15) is 5.56 Å². The second-order valence-corrected chi connectivity index (χ2v) is 4.52. The summed E-state index contributed by atoms with van der Waals surface area (Å²) < 4.78 is 37.5. The standard InChI is InChI=1S/C12H14F3N3O/c13-12(14,15)9-2-1-3-10(4-9)17-11(19)18-6-8(5-16)7-18/h1-4,8H,5-7,16H2,(H,17,19). The Balaban J connectivity index is 1.98. The molecule has 4 nitrogen and oxygen atoms in total. The SMILES string of the molecule is NCC1CN(C(=O)Nc2cccc(C(F)(F)F)c2)C1. The lowest BCUT2D eigenvalue weighted by Gasteiger charge is -2.38. The van der Waals surface area contributed by atoms with Crippen LogP contribution in [0.15, 0.2) is 24.3 Å². The zero-order valence-corrected chi connectivity index (χ0v) is 10.1. The zero-order valence-electron chi connectivity index (χ0n) is 10.1. The number of hydrogen-bond donors (Lipinski definition) is 2. The van der Waals surface area contributed by atoms with Crippen molar-refractivity contribution in [1.29, 1.82) is 0 Å². The lowest BCUT2D eigenvalue weighted by Crippen LogP contribution is -2.53. The Labute approximate surface area is 108 Å². The van der Waals surface area contributed by atoms with Crippen LogP contribution in [0.4, 0.5) is 23.7 Å². The molecule has 19 heavy (non-hydrogen) atoms. The topological polar surface area (TPSA) is 58.4 Å². The van der Waals surface area contributed by atoms with E-state index in [0.717, 1.165) is 12.1 Å². The molecule has 1 heterocycles. The fourth-order valence-electron chi connectivity index (χ4n) is 1.86. The normalized spacial score (nSPS) is 16.1. The first-order valence-corrected chi connectivity index (χ1v) is 5.83. The predicted octanol–water partition coefficient (Wildman–Crippen LogP) is 2.13. The number of carbonyl (C=O) groups excluding carboxylic acids is 1. The fourth-order valence-corrected chi connectivity index (χ4v) is 1.86. The number of carbonyl (C=O) groups is 1. The summed E-state index contributed by atoms with van der Waals surface area (Å²) in [4.78, 5) is 13.2. The van der Waals surface area contributed by atoms with E-state index in [9.17, 15) is 18.0 Å². The Hall–Kier alpha value is -1.76. The minimum Gasteiger partial charge on any atom is -0.330 e. The molecule has 7 heteroatoms. The average molecular weight is 273 g/mol. The highest BCUT2D eigenvalue weighted by Crippen LogP contribution is 2.30. The van der Waals surface area contributed by atoms with Crippen LogP contribution in [-0.4, -0.2) is 30.6 Å². The van der Waals surface area contributed by atoms with Gasteiger partial charge < -0.3 is 16.0 Å². The molecule has 0 radical (unpaired) electrons. The maximum Gasteiger partial charge on any atom is 0.416 e. The summed E-state index contributed by atoms with van der Waals surface area (Å²) in [5.41, 5.74) is 4.78. The molecule has 2 rings (SSSR count). The van der Waals surface area contributed by atoms with Gasteiger partial charge in [0.1, 0.15) is 0 Å². The van der Waals surface area contributed by atoms with E-state index >= 15 is 0 Å². The largest absolute Gasteiger partial charge is 0.416 e. The summed E-state index contributed by atoms with van der Waals surface area (Å²) in [6, 6.07) is 4.16. The van der Waals surface area contributed by atoms with Crippen LogP contribution in [0.25, 0.3) is 0 Å². The molecule has 0 aliphatic carbocycles. The molecule has 1 aliphatic rings. The van der Waals surface area contributed by atoms with Crippen LogP contribution >= 0.6 is 0 Å². The van der Waals surface area contributed by atoms with Gasteiger partial charge in [-0.25, -0.2) is 4.79 Å². The quantitative estimate of drug-likeness (QED) is 0.867. The molecule has 0 spiro atoms. The maximum atomic E-state index is 12.5. The van der Waals surface area contributed by atoms with Gasteiger partial charge in [-0.3, -0.25) is 0 Å². The van der Waals surface area contributed by atoms with Crippen molar-refractivity contribution >= 4 is 11.7 Å². The number of hydrogen-bond acceptors (Lipinski definition) is 2. The van der Waals surface area contributed by atoms with Crippen molar-refractivity contribution in [3.8, 4) is 0 Å². The summed E-state index contributed by atoms with van der Waals surface area (Å²) in [7, 11) is 0. The third kappa shape index (κ3) is 3.17. The first kappa shape index (κ1) is 13.7. The molecular formula is C12H14F3N3O. The molecule has 2 amide bonds. The number of halogens is 3. The van der Waals surface area contributed by atoms with E-state index in [-0.39, 0.29) is 11.6 Å². The van der Waals surface area contributed by atoms with E-state index < -0.39 is 17.8 Å². The van der Waals surface area contributed by atoms with Gasteiger partial charge in [-0.1, -0.05) is 6.07 Å². The van der Waals surface area contributed by atoms with Crippen molar-refractivity contribution in [2.45, 2.75) is 6.18 Å². The number of nitrogens with two attached hydrogens (primary N) is 1. The second kappa shape index (κ2) is 5.08.